The molecule has 81 valence electrons. The van der Waals surface area contributed by atoms with Gasteiger partial charge in [0.25, 0.3) is 0 Å². The first-order valence-electron chi connectivity index (χ1n) is 3.85. The summed E-state index contributed by atoms with van der Waals surface area (Å²) in [6.07, 6.45) is 0. The van der Waals surface area contributed by atoms with Gasteiger partial charge in [0.2, 0.25) is 0 Å². The molecule has 0 spiro atoms. The van der Waals surface area contributed by atoms with Gasteiger partial charge in [-0.25, -0.2) is 0 Å². The first-order valence-corrected chi connectivity index (χ1v) is 3.85. The van der Waals surface area contributed by atoms with Gasteiger partial charge < -0.3 is 35.2 Å². The predicted octanol–water partition coefficient (Wildman–Crippen LogP) is -3.82. The van der Waals surface area contributed by atoms with E-state index in [1.807, 2.05) is 0 Å². The minimum atomic E-state index is 0. The molecule has 0 bridgehead atoms. The normalized spacial score (nSPS) is 7.38. The van der Waals surface area contributed by atoms with E-state index in [9.17, 15) is 0 Å². The quantitative estimate of drug-likeness (QED) is 0.510. The molecule has 1 N–H and O–H groups in total. The third-order valence-electron chi connectivity index (χ3n) is 0.596. The zero-order valence-electron chi connectivity index (χ0n) is 9.01. The molecule has 2 nitrogen and oxygen atoms in total. The molecule has 0 saturated carbocycles. The Hall–Kier alpha value is 1.21. The first kappa shape index (κ1) is 29.2. The van der Waals surface area contributed by atoms with Crippen LogP contribution in [0.5, 0.6) is 0 Å². The third-order valence-corrected chi connectivity index (χ3v) is 0.596. The van der Waals surface area contributed by atoms with Gasteiger partial charge in [0.1, 0.15) is 0 Å². The van der Waals surface area contributed by atoms with E-state index in [1.54, 1.807) is 6.92 Å². The Morgan fingerprint density at radius 3 is 1.15 bits per heavy atom. The Morgan fingerprint density at radius 1 is 1.00 bits per heavy atom. The maximum Gasteiger partial charge on any atom is 3.00 e. The van der Waals surface area contributed by atoms with E-state index in [2.05, 4.69) is 33.0 Å². The number of hydrogen-bond acceptors (Lipinski definition) is 1. The monoisotopic (exact) mass is 264 g/mol. The third kappa shape index (κ3) is 61.1. The molecule has 0 aliphatic heterocycles. The van der Waals surface area contributed by atoms with Crippen molar-refractivity contribution < 1.29 is 51.6 Å². The largest absolute Gasteiger partial charge is 3.00 e. The van der Waals surface area contributed by atoms with Crippen molar-refractivity contribution >= 4 is 0 Å². The van der Waals surface area contributed by atoms with Crippen LogP contribution in [0, 0.1) is 0 Å². The number of rotatable bonds is 2. The Kier molecular flexibility index (Phi) is 52.2. The van der Waals surface area contributed by atoms with Crippen molar-refractivity contribution in [2.45, 2.75) is 46.7 Å². The van der Waals surface area contributed by atoms with Gasteiger partial charge in [-0.3, -0.25) is 0 Å². The average molecular weight is 265 g/mol. The van der Waals surface area contributed by atoms with Gasteiger partial charge in [0.15, 0.2) is 0 Å². The van der Waals surface area contributed by atoms with Crippen molar-refractivity contribution in [3.63, 3.8) is 0 Å². The molecule has 0 unspecified atom stereocenters. The average Bonchev–Trinajstić information content (AvgIpc) is 1.62. The molecular weight excluding hydrogens is 245 g/mol. The molecule has 0 atom stereocenters. The first-order chi connectivity index (χ1) is 4.54. The second-order valence-corrected chi connectivity index (χ2v) is 2.65. The van der Waals surface area contributed by atoms with Crippen molar-refractivity contribution in [1.29, 1.82) is 0 Å². The molecule has 0 fully saturated rings. The van der Waals surface area contributed by atoms with Gasteiger partial charge in [-0.2, -0.15) is 0 Å². The summed E-state index contributed by atoms with van der Waals surface area (Å²) in [5.41, 5.74) is 0. The van der Waals surface area contributed by atoms with Crippen LogP contribution in [0.4, 0.5) is 0 Å². The van der Waals surface area contributed by atoms with Gasteiger partial charge in [-0.05, 0) is 6.92 Å². The molecule has 5 heteroatoms. The van der Waals surface area contributed by atoms with Crippen molar-refractivity contribution in [3.8, 4) is 0 Å². The summed E-state index contributed by atoms with van der Waals surface area (Å²) in [4.78, 5) is 0. The SMILES string of the molecule is CC(C)[N-]C(C)C.CCO.[Cl-].[Cl-].[Ti+3]. The summed E-state index contributed by atoms with van der Waals surface area (Å²) in [6.45, 7) is 10.3. The van der Waals surface area contributed by atoms with Crippen molar-refractivity contribution in [1.82, 2.24) is 0 Å². The molecule has 0 aromatic carbocycles. The van der Waals surface area contributed by atoms with E-state index in [0.717, 1.165) is 0 Å². The second kappa shape index (κ2) is 23.2. The minimum absolute atomic E-state index is 0. The molecule has 0 rings (SSSR count). The number of nitrogens with zero attached hydrogens (tertiary/aromatic N) is 1. The molecule has 0 aliphatic rings. The van der Waals surface area contributed by atoms with Gasteiger partial charge in [0.05, 0.1) is 0 Å². The van der Waals surface area contributed by atoms with Crippen LogP contribution in [0.15, 0.2) is 0 Å². The maximum absolute atomic E-state index is 7.57. The van der Waals surface area contributed by atoms with Gasteiger partial charge in [-0.1, -0.05) is 27.7 Å². The van der Waals surface area contributed by atoms with Crippen LogP contribution >= 0.6 is 0 Å². The van der Waals surface area contributed by atoms with Gasteiger partial charge in [-0.15, -0.1) is 12.1 Å². The maximum atomic E-state index is 7.57. The van der Waals surface area contributed by atoms with Gasteiger partial charge in [0, 0.05) is 6.61 Å². The number of aliphatic hydroxyl groups is 1. The van der Waals surface area contributed by atoms with Crippen molar-refractivity contribution in [2.75, 3.05) is 6.61 Å². The molecule has 0 heterocycles. The van der Waals surface area contributed by atoms with E-state index in [4.69, 9.17) is 5.11 Å². The Labute approximate surface area is 110 Å². The van der Waals surface area contributed by atoms with Crippen molar-refractivity contribution in [3.05, 3.63) is 5.32 Å². The standard InChI is InChI=1S/C6H14N.C2H6O.2ClH.Ti/c1-5(2)7-6(3)4;1-2-3;;;/h5-6H,1-4H3;3H,2H2,1H3;2*1H;/q-1;;;;+3/p-2. The summed E-state index contributed by atoms with van der Waals surface area (Å²) in [7, 11) is 0. The van der Waals surface area contributed by atoms with Crippen LogP contribution in [0.2, 0.25) is 0 Å². The van der Waals surface area contributed by atoms with Crippen LogP contribution in [-0.4, -0.2) is 23.8 Å². The molecule has 0 saturated heterocycles. The second-order valence-electron chi connectivity index (χ2n) is 2.65. The van der Waals surface area contributed by atoms with E-state index >= 15 is 0 Å². The number of aliphatic hydroxyl groups excluding tert-OH is 1. The fourth-order valence-electron chi connectivity index (χ4n) is 0.596. The predicted molar refractivity (Wildman–Crippen MR) is 46.4 cm³/mol. The van der Waals surface area contributed by atoms with E-state index < -0.39 is 0 Å². The Bertz CT molecular complexity index is 60.1. The minimum Gasteiger partial charge on any atom is -1.00 e. The summed E-state index contributed by atoms with van der Waals surface area (Å²) in [5.74, 6) is 0. The van der Waals surface area contributed by atoms with E-state index in [-0.39, 0.29) is 53.1 Å². The summed E-state index contributed by atoms with van der Waals surface area (Å²) < 4.78 is 0. The van der Waals surface area contributed by atoms with Crippen LogP contribution in [0.1, 0.15) is 34.6 Å². The molecule has 0 aliphatic carbocycles. The number of halogens is 2. The molecule has 1 radical (unpaired) electrons. The van der Waals surface area contributed by atoms with E-state index in [1.165, 1.54) is 0 Å². The number of hydrogen-bond donors (Lipinski definition) is 1. The van der Waals surface area contributed by atoms with Crippen LogP contribution < -0.4 is 24.8 Å². The summed E-state index contributed by atoms with van der Waals surface area (Å²) in [5, 5.41) is 11.8. The molecule has 0 amide bonds. The zero-order chi connectivity index (χ0) is 8.57. The van der Waals surface area contributed by atoms with Crippen molar-refractivity contribution in [2.24, 2.45) is 0 Å². The van der Waals surface area contributed by atoms with Crippen LogP contribution in [0.25, 0.3) is 5.32 Å². The fraction of sp³-hybridized carbons (Fsp3) is 1.00. The molecular formula is C8H20Cl2NOTi. The van der Waals surface area contributed by atoms with Crippen LogP contribution in [-0.2, 0) is 21.7 Å². The topological polar surface area (TPSA) is 34.3 Å². The van der Waals surface area contributed by atoms with Crippen LogP contribution in [0.3, 0.4) is 0 Å². The Morgan fingerprint density at radius 2 is 1.15 bits per heavy atom. The summed E-state index contributed by atoms with van der Waals surface area (Å²) >= 11 is 0. The molecule has 0 aromatic rings. The van der Waals surface area contributed by atoms with E-state index in [0.29, 0.717) is 12.1 Å². The van der Waals surface area contributed by atoms with Gasteiger partial charge >= 0.3 is 21.7 Å². The zero-order valence-corrected chi connectivity index (χ0v) is 12.1. The molecule has 13 heavy (non-hydrogen) atoms. The Balaban J connectivity index is -0.0000000320. The molecule has 0 aromatic heterocycles. The smallest absolute Gasteiger partial charge is 1.00 e. The fourth-order valence-corrected chi connectivity index (χ4v) is 0.596. The summed E-state index contributed by atoms with van der Waals surface area (Å²) in [6, 6.07) is 1.000.